The predicted octanol–water partition coefficient (Wildman–Crippen LogP) is 3.31. The molecule has 3 nitrogen and oxygen atoms in total. The third kappa shape index (κ3) is 3.17. The molecular formula is C13H13BrN2OS. The van der Waals surface area contributed by atoms with E-state index in [1.165, 1.54) is 11.3 Å². The van der Waals surface area contributed by atoms with Crippen LogP contribution >= 0.6 is 27.3 Å². The second-order valence-corrected chi connectivity index (χ2v) is 5.25. The van der Waals surface area contributed by atoms with Gasteiger partial charge in [0.2, 0.25) is 0 Å². The van der Waals surface area contributed by atoms with Crippen LogP contribution in [-0.4, -0.2) is 22.8 Å². The lowest BCUT2D eigenvalue weighted by molar-refractivity contribution is 0.0783. The molecule has 0 fully saturated rings. The van der Waals surface area contributed by atoms with Crippen molar-refractivity contribution in [3.8, 4) is 0 Å². The number of rotatable bonds is 4. The maximum Gasteiger partial charge on any atom is 0.253 e. The van der Waals surface area contributed by atoms with Gasteiger partial charge >= 0.3 is 0 Å². The number of carbonyl (C=O) groups is 1. The number of hydrogen-bond donors (Lipinski definition) is 0. The van der Waals surface area contributed by atoms with Crippen LogP contribution in [0.25, 0.3) is 0 Å². The highest BCUT2D eigenvalue weighted by Crippen LogP contribution is 2.11. The lowest BCUT2D eigenvalue weighted by atomic mass is 10.1. The Morgan fingerprint density at radius 2 is 2.11 bits per heavy atom. The highest BCUT2D eigenvalue weighted by molar-refractivity contribution is 9.08. The second-order valence-electron chi connectivity index (χ2n) is 3.97. The van der Waals surface area contributed by atoms with E-state index in [0.29, 0.717) is 12.1 Å². The largest absolute Gasteiger partial charge is 0.336 e. The first kappa shape index (κ1) is 13.2. The first-order valence-corrected chi connectivity index (χ1v) is 7.54. The Kier molecular flexibility index (Phi) is 4.49. The van der Waals surface area contributed by atoms with Gasteiger partial charge in [-0.05, 0) is 17.7 Å². The van der Waals surface area contributed by atoms with Crippen molar-refractivity contribution in [3.05, 3.63) is 52.0 Å². The number of carbonyl (C=O) groups excluding carboxylic acids is 1. The van der Waals surface area contributed by atoms with E-state index in [-0.39, 0.29) is 5.91 Å². The Morgan fingerprint density at radius 1 is 1.39 bits per heavy atom. The van der Waals surface area contributed by atoms with Crippen LogP contribution in [-0.2, 0) is 11.9 Å². The van der Waals surface area contributed by atoms with Gasteiger partial charge in [0.05, 0.1) is 17.7 Å². The molecule has 5 heteroatoms. The topological polar surface area (TPSA) is 33.2 Å². The van der Waals surface area contributed by atoms with Gasteiger partial charge in [-0.15, -0.1) is 11.3 Å². The van der Waals surface area contributed by atoms with E-state index in [1.807, 2.05) is 29.6 Å². The number of amides is 1. The van der Waals surface area contributed by atoms with Gasteiger partial charge < -0.3 is 4.90 Å². The van der Waals surface area contributed by atoms with E-state index in [1.54, 1.807) is 17.5 Å². The SMILES string of the molecule is CN(Cc1cscn1)C(=O)c1ccc(CBr)cc1. The molecule has 1 amide bonds. The summed E-state index contributed by atoms with van der Waals surface area (Å²) in [6.45, 7) is 0.544. The number of hydrogen-bond acceptors (Lipinski definition) is 3. The van der Waals surface area contributed by atoms with Crippen LogP contribution in [0.1, 0.15) is 21.6 Å². The number of nitrogens with zero attached hydrogens (tertiary/aromatic N) is 2. The highest BCUT2D eigenvalue weighted by atomic mass is 79.9. The molecule has 1 aromatic heterocycles. The lowest BCUT2D eigenvalue weighted by Crippen LogP contribution is -2.26. The van der Waals surface area contributed by atoms with E-state index in [9.17, 15) is 4.79 Å². The molecule has 2 aromatic rings. The van der Waals surface area contributed by atoms with Gasteiger partial charge in [-0.3, -0.25) is 4.79 Å². The van der Waals surface area contributed by atoms with Crippen molar-refractivity contribution >= 4 is 33.2 Å². The Morgan fingerprint density at radius 3 is 2.67 bits per heavy atom. The average Bonchev–Trinajstić information content (AvgIpc) is 2.91. The molecular weight excluding hydrogens is 312 g/mol. The van der Waals surface area contributed by atoms with Crippen LogP contribution in [0.2, 0.25) is 0 Å². The molecule has 94 valence electrons. The fourth-order valence-corrected chi connectivity index (χ4v) is 2.51. The van der Waals surface area contributed by atoms with E-state index >= 15 is 0 Å². The normalized spacial score (nSPS) is 10.3. The zero-order valence-corrected chi connectivity index (χ0v) is 12.4. The monoisotopic (exact) mass is 324 g/mol. The predicted molar refractivity (Wildman–Crippen MR) is 77.0 cm³/mol. The summed E-state index contributed by atoms with van der Waals surface area (Å²) in [7, 11) is 1.79. The molecule has 1 heterocycles. The molecule has 18 heavy (non-hydrogen) atoms. The Labute approximate surface area is 119 Å². The molecule has 0 N–H and O–H groups in total. The first-order valence-electron chi connectivity index (χ1n) is 5.48. The molecule has 0 aliphatic carbocycles. The minimum Gasteiger partial charge on any atom is -0.336 e. The summed E-state index contributed by atoms with van der Waals surface area (Å²) in [6, 6.07) is 7.63. The summed E-state index contributed by atoms with van der Waals surface area (Å²) in [6.07, 6.45) is 0. The van der Waals surface area contributed by atoms with Crippen LogP contribution in [0.3, 0.4) is 0 Å². The van der Waals surface area contributed by atoms with Crippen LogP contribution in [0, 0.1) is 0 Å². The van der Waals surface area contributed by atoms with Crippen molar-refractivity contribution < 1.29 is 4.79 Å². The molecule has 1 aromatic carbocycles. The summed E-state index contributed by atoms with van der Waals surface area (Å²) in [5.74, 6) is 0.0177. The molecule has 0 aliphatic rings. The third-order valence-corrected chi connectivity index (χ3v) is 3.87. The molecule has 0 radical (unpaired) electrons. The summed E-state index contributed by atoms with van der Waals surface area (Å²) in [5, 5.41) is 2.76. The second kappa shape index (κ2) is 6.11. The van der Waals surface area contributed by atoms with Gasteiger partial charge in [0.15, 0.2) is 0 Å². The van der Waals surface area contributed by atoms with E-state index in [2.05, 4.69) is 20.9 Å². The van der Waals surface area contributed by atoms with Gasteiger partial charge in [0, 0.05) is 23.3 Å². The maximum atomic E-state index is 12.2. The average molecular weight is 325 g/mol. The number of benzene rings is 1. The molecule has 2 rings (SSSR count). The fourth-order valence-electron chi connectivity index (χ4n) is 1.59. The Hall–Kier alpha value is -1.20. The van der Waals surface area contributed by atoms with E-state index < -0.39 is 0 Å². The van der Waals surface area contributed by atoms with Crippen LogP contribution in [0.4, 0.5) is 0 Å². The van der Waals surface area contributed by atoms with Crippen molar-refractivity contribution in [1.29, 1.82) is 0 Å². The Balaban J connectivity index is 2.05. The molecule has 0 bridgehead atoms. The van der Waals surface area contributed by atoms with Gasteiger partial charge in [0.25, 0.3) is 5.91 Å². The van der Waals surface area contributed by atoms with Gasteiger partial charge in [-0.2, -0.15) is 0 Å². The Bertz CT molecular complexity index is 510. The van der Waals surface area contributed by atoms with Gasteiger partial charge in [0.1, 0.15) is 0 Å². The minimum absolute atomic E-state index is 0.0177. The third-order valence-electron chi connectivity index (χ3n) is 2.58. The lowest BCUT2D eigenvalue weighted by Gasteiger charge is -2.16. The number of aromatic nitrogens is 1. The molecule has 0 unspecified atom stereocenters. The van der Waals surface area contributed by atoms with Crippen molar-refractivity contribution in [3.63, 3.8) is 0 Å². The van der Waals surface area contributed by atoms with Crippen molar-refractivity contribution in [2.24, 2.45) is 0 Å². The fraction of sp³-hybridized carbons (Fsp3) is 0.231. The van der Waals surface area contributed by atoms with E-state index in [4.69, 9.17) is 0 Å². The van der Waals surface area contributed by atoms with Crippen LogP contribution in [0.15, 0.2) is 35.2 Å². The minimum atomic E-state index is 0.0177. The number of alkyl halides is 1. The highest BCUT2D eigenvalue weighted by Gasteiger charge is 2.12. The quantitative estimate of drug-likeness (QED) is 0.808. The number of halogens is 1. The molecule has 0 aliphatic heterocycles. The van der Waals surface area contributed by atoms with Crippen molar-refractivity contribution in [1.82, 2.24) is 9.88 Å². The summed E-state index contributed by atoms with van der Waals surface area (Å²) >= 11 is 4.93. The summed E-state index contributed by atoms with van der Waals surface area (Å²) < 4.78 is 0. The van der Waals surface area contributed by atoms with Crippen molar-refractivity contribution in [2.75, 3.05) is 7.05 Å². The molecule has 0 saturated heterocycles. The molecule has 0 spiro atoms. The van der Waals surface area contributed by atoms with E-state index in [0.717, 1.165) is 16.6 Å². The maximum absolute atomic E-state index is 12.2. The standard InChI is InChI=1S/C13H13BrN2OS/c1-16(7-12-8-18-9-15-12)13(17)11-4-2-10(6-14)3-5-11/h2-5,8-9H,6-7H2,1H3. The van der Waals surface area contributed by atoms with Gasteiger partial charge in [-0.25, -0.2) is 4.98 Å². The molecule has 0 saturated carbocycles. The summed E-state index contributed by atoms with van der Waals surface area (Å²) in [4.78, 5) is 18.0. The zero-order chi connectivity index (χ0) is 13.0. The first-order chi connectivity index (χ1) is 8.70. The summed E-state index contributed by atoms with van der Waals surface area (Å²) in [5.41, 5.74) is 4.57. The smallest absolute Gasteiger partial charge is 0.253 e. The molecule has 0 atom stereocenters. The van der Waals surface area contributed by atoms with Crippen LogP contribution < -0.4 is 0 Å². The van der Waals surface area contributed by atoms with Crippen LogP contribution in [0.5, 0.6) is 0 Å². The van der Waals surface area contributed by atoms with Crippen molar-refractivity contribution in [2.45, 2.75) is 11.9 Å². The van der Waals surface area contributed by atoms with Gasteiger partial charge in [-0.1, -0.05) is 28.1 Å². The zero-order valence-electron chi connectivity index (χ0n) is 9.97. The number of thiazole rings is 1.